The highest BCUT2D eigenvalue weighted by Gasteiger charge is 2.56. The first-order chi connectivity index (χ1) is 9.11. The molecule has 19 heavy (non-hydrogen) atoms. The average Bonchev–Trinajstić information content (AvgIpc) is 2.37. The fourth-order valence-electron chi connectivity index (χ4n) is 3.97. The van der Waals surface area contributed by atoms with E-state index in [1.54, 1.807) is 12.1 Å². The zero-order chi connectivity index (χ0) is 13.5. The lowest BCUT2D eigenvalue weighted by Crippen LogP contribution is -2.56. The van der Waals surface area contributed by atoms with Crippen molar-refractivity contribution in [1.82, 2.24) is 0 Å². The molecule has 0 unspecified atom stereocenters. The number of nitrogens with two attached hydrogens (primary N) is 1. The fraction of sp³-hybridized carbons (Fsp3) is 0.600. The van der Waals surface area contributed by atoms with Crippen LogP contribution in [0.25, 0.3) is 0 Å². The van der Waals surface area contributed by atoms with Gasteiger partial charge in [-0.25, -0.2) is 4.39 Å². The summed E-state index contributed by atoms with van der Waals surface area (Å²) >= 11 is 6.21. The van der Waals surface area contributed by atoms with Gasteiger partial charge in [0, 0.05) is 35.8 Å². The second-order valence-electron chi connectivity index (χ2n) is 6.05. The minimum Gasteiger partial charge on any atom is -0.381 e. The summed E-state index contributed by atoms with van der Waals surface area (Å²) in [5, 5.41) is 0.507. The molecule has 4 heteroatoms. The van der Waals surface area contributed by atoms with Crippen LogP contribution in [0.15, 0.2) is 18.2 Å². The van der Waals surface area contributed by atoms with Crippen molar-refractivity contribution in [3.8, 4) is 0 Å². The van der Waals surface area contributed by atoms with Gasteiger partial charge in [0.05, 0.1) is 0 Å². The van der Waals surface area contributed by atoms with Gasteiger partial charge in [0.2, 0.25) is 0 Å². The molecule has 1 saturated heterocycles. The minimum atomic E-state index is -0.278. The molecule has 1 aliphatic carbocycles. The van der Waals surface area contributed by atoms with Crippen molar-refractivity contribution in [2.45, 2.75) is 31.1 Å². The number of benzene rings is 1. The van der Waals surface area contributed by atoms with Crippen LogP contribution in [0.3, 0.4) is 0 Å². The van der Waals surface area contributed by atoms with E-state index in [9.17, 15) is 4.39 Å². The van der Waals surface area contributed by atoms with Crippen LogP contribution in [0.1, 0.15) is 31.2 Å². The van der Waals surface area contributed by atoms with Gasteiger partial charge in [0.25, 0.3) is 0 Å². The first-order valence-corrected chi connectivity index (χ1v) is 7.21. The molecule has 1 saturated carbocycles. The SMILES string of the molecule is NCC1(c2c(F)cccc2Cl)CC2(CCOCC2)C1. The predicted molar refractivity (Wildman–Crippen MR) is 73.9 cm³/mol. The van der Waals surface area contributed by atoms with E-state index >= 15 is 0 Å². The lowest BCUT2D eigenvalue weighted by atomic mass is 9.48. The Bertz CT molecular complexity index is 457. The summed E-state index contributed by atoms with van der Waals surface area (Å²) in [6.45, 7) is 2.08. The summed E-state index contributed by atoms with van der Waals surface area (Å²) in [4.78, 5) is 0. The molecular formula is C15H19ClFNO. The molecule has 104 valence electrons. The molecule has 0 bridgehead atoms. The second-order valence-corrected chi connectivity index (χ2v) is 6.45. The van der Waals surface area contributed by atoms with Crippen molar-refractivity contribution in [2.75, 3.05) is 19.8 Å². The van der Waals surface area contributed by atoms with Crippen molar-refractivity contribution in [1.29, 1.82) is 0 Å². The average molecular weight is 284 g/mol. The first kappa shape index (κ1) is 13.3. The third kappa shape index (κ3) is 2.08. The molecule has 2 N–H and O–H groups in total. The number of rotatable bonds is 2. The van der Waals surface area contributed by atoms with E-state index in [0.717, 1.165) is 38.9 Å². The van der Waals surface area contributed by atoms with Crippen LogP contribution in [0, 0.1) is 11.2 Å². The van der Waals surface area contributed by atoms with E-state index in [1.807, 2.05) is 0 Å². The van der Waals surface area contributed by atoms with Gasteiger partial charge in [-0.05, 0) is 43.2 Å². The number of hydrogen-bond acceptors (Lipinski definition) is 2. The van der Waals surface area contributed by atoms with Gasteiger partial charge in [0.1, 0.15) is 5.82 Å². The molecule has 1 aliphatic heterocycles. The Morgan fingerprint density at radius 3 is 2.53 bits per heavy atom. The Hall–Kier alpha value is -0.640. The van der Waals surface area contributed by atoms with Crippen molar-refractivity contribution in [3.05, 3.63) is 34.6 Å². The maximum atomic E-state index is 14.1. The molecule has 1 heterocycles. The normalized spacial score (nSPS) is 24.2. The van der Waals surface area contributed by atoms with Crippen molar-refractivity contribution in [2.24, 2.45) is 11.1 Å². The third-order valence-electron chi connectivity index (χ3n) is 4.86. The van der Waals surface area contributed by atoms with Crippen LogP contribution in [0.5, 0.6) is 0 Å². The van der Waals surface area contributed by atoms with Crippen LogP contribution in [0.4, 0.5) is 4.39 Å². The maximum absolute atomic E-state index is 14.1. The summed E-state index contributed by atoms with van der Waals surface area (Å²) in [6, 6.07) is 4.88. The molecule has 0 radical (unpaired) electrons. The van der Waals surface area contributed by atoms with Crippen molar-refractivity contribution in [3.63, 3.8) is 0 Å². The molecule has 0 amide bonds. The van der Waals surface area contributed by atoms with Gasteiger partial charge < -0.3 is 10.5 Å². The van der Waals surface area contributed by atoms with Gasteiger partial charge in [-0.2, -0.15) is 0 Å². The van der Waals surface area contributed by atoms with Gasteiger partial charge in [0.15, 0.2) is 0 Å². The third-order valence-corrected chi connectivity index (χ3v) is 5.18. The van der Waals surface area contributed by atoms with Gasteiger partial charge in [-0.1, -0.05) is 17.7 Å². The van der Waals surface area contributed by atoms with E-state index in [-0.39, 0.29) is 11.2 Å². The molecule has 2 aliphatic rings. The lowest BCUT2D eigenvalue weighted by molar-refractivity contribution is -0.0722. The highest BCUT2D eigenvalue weighted by Crippen LogP contribution is 2.61. The topological polar surface area (TPSA) is 35.2 Å². The van der Waals surface area contributed by atoms with E-state index in [2.05, 4.69) is 0 Å². The standard InChI is InChI=1S/C15H19ClFNO/c16-11-2-1-3-12(17)13(11)15(10-18)8-14(9-15)4-6-19-7-5-14/h1-3H,4-10,18H2. The number of halogens is 2. The number of hydrogen-bond donors (Lipinski definition) is 1. The largest absolute Gasteiger partial charge is 0.381 e. The minimum absolute atomic E-state index is 0.222. The zero-order valence-corrected chi connectivity index (χ0v) is 11.7. The highest BCUT2D eigenvalue weighted by atomic mass is 35.5. The predicted octanol–water partition coefficient (Wildman–Crippen LogP) is 3.27. The Balaban J connectivity index is 1.90. The maximum Gasteiger partial charge on any atom is 0.128 e. The Morgan fingerprint density at radius 2 is 1.95 bits per heavy atom. The van der Waals surface area contributed by atoms with Crippen molar-refractivity contribution < 1.29 is 9.13 Å². The molecule has 1 spiro atoms. The summed E-state index contributed by atoms with van der Waals surface area (Å²) < 4.78 is 19.6. The summed E-state index contributed by atoms with van der Waals surface area (Å²) in [6.07, 6.45) is 3.97. The van der Waals surface area contributed by atoms with Crippen LogP contribution >= 0.6 is 11.6 Å². The quantitative estimate of drug-likeness (QED) is 0.904. The van der Waals surface area contributed by atoms with Crippen LogP contribution in [-0.4, -0.2) is 19.8 Å². The van der Waals surface area contributed by atoms with E-state index in [0.29, 0.717) is 22.5 Å². The van der Waals surface area contributed by atoms with E-state index in [1.165, 1.54) is 6.07 Å². The Kier molecular flexibility index (Phi) is 3.32. The molecule has 1 aromatic carbocycles. The zero-order valence-electron chi connectivity index (χ0n) is 10.9. The summed E-state index contributed by atoms with van der Waals surface area (Å²) in [5.41, 5.74) is 6.61. The summed E-state index contributed by atoms with van der Waals surface area (Å²) in [7, 11) is 0. The molecule has 2 nitrogen and oxygen atoms in total. The summed E-state index contributed by atoms with van der Waals surface area (Å²) in [5.74, 6) is -0.222. The molecular weight excluding hydrogens is 265 g/mol. The number of ether oxygens (including phenoxy) is 1. The van der Waals surface area contributed by atoms with Crippen LogP contribution < -0.4 is 5.73 Å². The van der Waals surface area contributed by atoms with Gasteiger partial charge in [-0.3, -0.25) is 0 Å². The monoisotopic (exact) mass is 283 g/mol. The first-order valence-electron chi connectivity index (χ1n) is 6.83. The Morgan fingerprint density at radius 1 is 1.26 bits per heavy atom. The van der Waals surface area contributed by atoms with Gasteiger partial charge in [-0.15, -0.1) is 0 Å². The van der Waals surface area contributed by atoms with Crippen LogP contribution in [-0.2, 0) is 10.2 Å². The van der Waals surface area contributed by atoms with Crippen molar-refractivity contribution >= 4 is 11.6 Å². The molecule has 3 rings (SSSR count). The molecule has 1 aromatic rings. The van der Waals surface area contributed by atoms with E-state index in [4.69, 9.17) is 22.1 Å². The smallest absolute Gasteiger partial charge is 0.128 e. The second kappa shape index (κ2) is 4.72. The lowest BCUT2D eigenvalue weighted by Gasteiger charge is -2.58. The molecule has 0 atom stereocenters. The van der Waals surface area contributed by atoms with Crippen LogP contribution in [0.2, 0.25) is 5.02 Å². The molecule has 2 fully saturated rings. The molecule has 0 aromatic heterocycles. The van der Waals surface area contributed by atoms with E-state index < -0.39 is 0 Å². The highest BCUT2D eigenvalue weighted by molar-refractivity contribution is 6.31. The Labute approximate surface area is 118 Å². The van der Waals surface area contributed by atoms with Gasteiger partial charge >= 0.3 is 0 Å². The fourth-order valence-corrected chi connectivity index (χ4v) is 4.33.